The molecule has 2 rings (SSSR count). The minimum atomic E-state index is -2.90. The number of hydrogen-bond acceptors (Lipinski definition) is 3. The zero-order chi connectivity index (χ0) is 10.4. The molecule has 82 valence electrons. The Hall–Kier alpha value is -0.0900. The molecule has 0 aromatic carbocycles. The van der Waals surface area contributed by atoms with Crippen molar-refractivity contribution in [1.29, 1.82) is 0 Å². The summed E-state index contributed by atoms with van der Waals surface area (Å²) in [6, 6.07) is 0. The highest BCUT2D eigenvalue weighted by molar-refractivity contribution is 7.92. The Labute approximate surface area is 86.2 Å². The Balaban J connectivity index is 2.13. The first-order chi connectivity index (χ1) is 6.43. The van der Waals surface area contributed by atoms with E-state index >= 15 is 0 Å². The van der Waals surface area contributed by atoms with Crippen LogP contribution in [-0.2, 0) is 9.84 Å². The van der Waals surface area contributed by atoms with E-state index in [1.54, 1.807) is 0 Å². The first-order valence-electron chi connectivity index (χ1n) is 5.27. The van der Waals surface area contributed by atoms with E-state index in [2.05, 4.69) is 5.32 Å². The van der Waals surface area contributed by atoms with Gasteiger partial charge in [0.25, 0.3) is 0 Å². The molecule has 2 aliphatic carbocycles. The fourth-order valence-corrected chi connectivity index (χ4v) is 4.73. The molecule has 3 nitrogen and oxygen atoms in total. The molecule has 14 heavy (non-hydrogen) atoms. The SMILES string of the molecule is CNCC1(S(C)(=O)=O)CC2(CCC2)C1. The Bertz CT molecular complexity index is 322. The molecule has 0 atom stereocenters. The van der Waals surface area contributed by atoms with Crippen molar-refractivity contribution in [2.24, 2.45) is 5.41 Å². The smallest absolute Gasteiger partial charge is 0.154 e. The third-order valence-electron chi connectivity index (χ3n) is 4.09. The summed E-state index contributed by atoms with van der Waals surface area (Å²) in [6.45, 7) is 0.619. The van der Waals surface area contributed by atoms with E-state index in [-0.39, 0.29) is 0 Å². The predicted molar refractivity (Wildman–Crippen MR) is 57.0 cm³/mol. The lowest BCUT2D eigenvalue weighted by Gasteiger charge is -2.60. The van der Waals surface area contributed by atoms with Gasteiger partial charge in [0.2, 0.25) is 0 Å². The molecule has 0 aromatic heterocycles. The van der Waals surface area contributed by atoms with Gasteiger partial charge in [0, 0.05) is 12.8 Å². The van der Waals surface area contributed by atoms with Crippen LogP contribution in [0.25, 0.3) is 0 Å². The molecule has 0 amide bonds. The van der Waals surface area contributed by atoms with Crippen LogP contribution in [0.5, 0.6) is 0 Å². The molecular weight excluding hydrogens is 198 g/mol. The Kier molecular flexibility index (Phi) is 2.20. The lowest BCUT2D eigenvalue weighted by Crippen LogP contribution is -2.62. The molecule has 0 radical (unpaired) electrons. The van der Waals surface area contributed by atoms with Crippen molar-refractivity contribution in [3.8, 4) is 0 Å². The van der Waals surface area contributed by atoms with Gasteiger partial charge in [-0.05, 0) is 38.1 Å². The fraction of sp³-hybridized carbons (Fsp3) is 1.00. The molecule has 1 N–H and O–H groups in total. The highest BCUT2D eigenvalue weighted by atomic mass is 32.2. The molecule has 2 saturated carbocycles. The molecule has 0 saturated heterocycles. The molecule has 2 fully saturated rings. The lowest BCUT2D eigenvalue weighted by molar-refractivity contribution is -0.00769. The van der Waals surface area contributed by atoms with Gasteiger partial charge in [0.15, 0.2) is 9.84 Å². The third kappa shape index (κ3) is 1.31. The summed E-state index contributed by atoms with van der Waals surface area (Å²) in [6.07, 6.45) is 6.94. The normalized spacial score (nSPS) is 28.1. The van der Waals surface area contributed by atoms with E-state index in [0.29, 0.717) is 12.0 Å². The summed E-state index contributed by atoms with van der Waals surface area (Å²) >= 11 is 0. The maximum atomic E-state index is 11.7. The molecule has 0 bridgehead atoms. The van der Waals surface area contributed by atoms with Crippen LogP contribution in [0.2, 0.25) is 0 Å². The van der Waals surface area contributed by atoms with Gasteiger partial charge in [-0.15, -0.1) is 0 Å². The zero-order valence-corrected chi connectivity index (χ0v) is 9.78. The standard InChI is InChI=1S/C10H19NO2S/c1-11-8-10(14(2,12)13)6-9(7-10)4-3-5-9/h11H,3-8H2,1-2H3. The molecule has 0 heterocycles. The van der Waals surface area contributed by atoms with Gasteiger partial charge in [-0.1, -0.05) is 6.42 Å². The van der Waals surface area contributed by atoms with E-state index in [4.69, 9.17) is 0 Å². The van der Waals surface area contributed by atoms with Crippen molar-refractivity contribution in [3.63, 3.8) is 0 Å². The molecule has 2 aliphatic rings. The van der Waals surface area contributed by atoms with E-state index in [1.807, 2.05) is 7.05 Å². The summed E-state index contributed by atoms with van der Waals surface area (Å²) in [5.41, 5.74) is 0.417. The quantitative estimate of drug-likeness (QED) is 0.765. The van der Waals surface area contributed by atoms with Gasteiger partial charge >= 0.3 is 0 Å². The van der Waals surface area contributed by atoms with Crippen LogP contribution in [0.3, 0.4) is 0 Å². The highest BCUT2D eigenvalue weighted by Gasteiger charge is 2.61. The van der Waals surface area contributed by atoms with Crippen LogP contribution in [0.4, 0.5) is 0 Å². The topological polar surface area (TPSA) is 46.2 Å². The van der Waals surface area contributed by atoms with Crippen LogP contribution < -0.4 is 5.32 Å². The van der Waals surface area contributed by atoms with E-state index < -0.39 is 14.6 Å². The first kappa shape index (κ1) is 10.4. The summed E-state index contributed by atoms with van der Waals surface area (Å²) < 4.78 is 23.0. The van der Waals surface area contributed by atoms with Crippen molar-refractivity contribution < 1.29 is 8.42 Å². The fourth-order valence-electron chi connectivity index (χ4n) is 3.19. The summed E-state index contributed by atoms with van der Waals surface area (Å²) in [5.74, 6) is 0. The van der Waals surface area contributed by atoms with Crippen molar-refractivity contribution in [1.82, 2.24) is 5.32 Å². The summed E-state index contributed by atoms with van der Waals surface area (Å²) in [7, 11) is -1.07. The second-order valence-electron chi connectivity index (χ2n) is 5.19. The van der Waals surface area contributed by atoms with E-state index in [1.165, 1.54) is 25.5 Å². The average Bonchev–Trinajstić information content (AvgIpc) is 1.89. The Morgan fingerprint density at radius 2 is 1.86 bits per heavy atom. The van der Waals surface area contributed by atoms with Crippen molar-refractivity contribution in [2.75, 3.05) is 19.8 Å². The maximum Gasteiger partial charge on any atom is 0.154 e. The Morgan fingerprint density at radius 1 is 1.29 bits per heavy atom. The number of sulfone groups is 1. The third-order valence-corrected chi connectivity index (χ3v) is 6.10. The molecule has 4 heteroatoms. The maximum absolute atomic E-state index is 11.7. The van der Waals surface area contributed by atoms with Crippen LogP contribution in [0.1, 0.15) is 32.1 Å². The minimum absolute atomic E-state index is 0.417. The monoisotopic (exact) mass is 217 g/mol. The summed E-state index contributed by atoms with van der Waals surface area (Å²) in [5, 5.41) is 3.02. The van der Waals surface area contributed by atoms with Crippen LogP contribution >= 0.6 is 0 Å². The van der Waals surface area contributed by atoms with Gasteiger partial charge in [0.1, 0.15) is 0 Å². The van der Waals surface area contributed by atoms with E-state index in [9.17, 15) is 8.42 Å². The molecule has 0 aliphatic heterocycles. The van der Waals surface area contributed by atoms with Crippen molar-refractivity contribution in [2.45, 2.75) is 36.9 Å². The molecular formula is C10H19NO2S. The number of hydrogen-bond donors (Lipinski definition) is 1. The molecule has 0 unspecified atom stereocenters. The van der Waals surface area contributed by atoms with Gasteiger partial charge in [-0.25, -0.2) is 8.42 Å². The number of nitrogens with one attached hydrogen (secondary N) is 1. The van der Waals surface area contributed by atoms with Gasteiger partial charge < -0.3 is 5.32 Å². The zero-order valence-electron chi connectivity index (χ0n) is 8.97. The summed E-state index contributed by atoms with van der Waals surface area (Å²) in [4.78, 5) is 0. The second-order valence-corrected chi connectivity index (χ2v) is 7.60. The minimum Gasteiger partial charge on any atom is -0.318 e. The second kappa shape index (κ2) is 2.95. The van der Waals surface area contributed by atoms with Gasteiger partial charge in [-0.3, -0.25) is 0 Å². The average molecular weight is 217 g/mol. The van der Waals surface area contributed by atoms with Crippen molar-refractivity contribution in [3.05, 3.63) is 0 Å². The van der Waals surface area contributed by atoms with Crippen LogP contribution in [0, 0.1) is 5.41 Å². The van der Waals surface area contributed by atoms with Gasteiger partial charge in [0.05, 0.1) is 4.75 Å². The highest BCUT2D eigenvalue weighted by Crippen LogP contribution is 2.62. The van der Waals surface area contributed by atoms with Crippen LogP contribution in [0.15, 0.2) is 0 Å². The van der Waals surface area contributed by atoms with Crippen molar-refractivity contribution >= 4 is 9.84 Å². The first-order valence-corrected chi connectivity index (χ1v) is 7.17. The van der Waals surface area contributed by atoms with Gasteiger partial charge in [-0.2, -0.15) is 0 Å². The van der Waals surface area contributed by atoms with Crippen LogP contribution in [-0.4, -0.2) is 33.0 Å². The number of rotatable bonds is 3. The molecule has 1 spiro atoms. The predicted octanol–water partition coefficient (Wildman–Crippen LogP) is 0.953. The van der Waals surface area contributed by atoms with E-state index in [0.717, 1.165) is 12.8 Å². The molecule has 0 aromatic rings. The lowest BCUT2D eigenvalue weighted by atomic mass is 9.51. The largest absolute Gasteiger partial charge is 0.318 e. The Morgan fingerprint density at radius 3 is 2.14 bits per heavy atom.